The minimum atomic E-state index is -0.631. The van der Waals surface area contributed by atoms with Crippen molar-refractivity contribution in [2.24, 2.45) is 5.92 Å². The Morgan fingerprint density at radius 1 is 1.31 bits per heavy atom. The van der Waals surface area contributed by atoms with Crippen molar-refractivity contribution in [3.8, 4) is 0 Å². The van der Waals surface area contributed by atoms with Crippen LogP contribution in [0.2, 0.25) is 0 Å². The number of anilines is 1. The molecular weight excluding hydrogens is 334 g/mol. The van der Waals surface area contributed by atoms with Crippen LogP contribution in [0.15, 0.2) is 42.6 Å². The number of benzene rings is 1. The first kappa shape index (κ1) is 17.8. The number of carbonyl (C=O) groups is 1. The van der Waals surface area contributed by atoms with Gasteiger partial charge in [-0.05, 0) is 30.7 Å². The van der Waals surface area contributed by atoms with Gasteiger partial charge in [-0.1, -0.05) is 30.3 Å². The first-order chi connectivity index (χ1) is 12.6. The van der Waals surface area contributed by atoms with Gasteiger partial charge in [-0.25, -0.2) is 9.78 Å². The molecule has 1 saturated heterocycles. The smallest absolute Gasteiger partial charge is 0.339 e. The highest BCUT2D eigenvalue weighted by Crippen LogP contribution is 2.31. The first-order valence-corrected chi connectivity index (χ1v) is 8.60. The van der Waals surface area contributed by atoms with Gasteiger partial charge in [0.05, 0.1) is 17.6 Å². The third kappa shape index (κ3) is 3.99. The normalized spacial score (nSPS) is 14.9. The zero-order valence-corrected chi connectivity index (χ0v) is 14.6. The molecule has 7 heteroatoms. The SMILES string of the molecule is COC(=O)c1cnc(N2CCC(Cc3ccccc3)CC2)c([N+](=O)[O-])c1. The summed E-state index contributed by atoms with van der Waals surface area (Å²) >= 11 is 0. The largest absolute Gasteiger partial charge is 0.465 e. The van der Waals surface area contributed by atoms with Crippen LogP contribution in [0.4, 0.5) is 11.5 Å². The summed E-state index contributed by atoms with van der Waals surface area (Å²) < 4.78 is 4.61. The number of nitrogens with zero attached hydrogens (tertiary/aromatic N) is 3. The van der Waals surface area contributed by atoms with Crippen LogP contribution in [0.25, 0.3) is 0 Å². The van der Waals surface area contributed by atoms with Crippen LogP contribution in [0.1, 0.15) is 28.8 Å². The summed E-state index contributed by atoms with van der Waals surface area (Å²) in [7, 11) is 1.24. The topological polar surface area (TPSA) is 85.6 Å². The molecule has 0 bridgehead atoms. The highest BCUT2D eigenvalue weighted by Gasteiger charge is 2.27. The second-order valence-corrected chi connectivity index (χ2v) is 6.44. The zero-order valence-electron chi connectivity index (χ0n) is 14.6. The molecular formula is C19H21N3O4. The summed E-state index contributed by atoms with van der Waals surface area (Å²) in [5, 5.41) is 11.4. The van der Waals surface area contributed by atoms with Gasteiger partial charge in [-0.3, -0.25) is 10.1 Å². The number of methoxy groups -OCH3 is 1. The quantitative estimate of drug-likeness (QED) is 0.465. The Kier molecular flexibility index (Phi) is 5.46. The maximum absolute atomic E-state index is 11.6. The lowest BCUT2D eigenvalue weighted by molar-refractivity contribution is -0.384. The molecule has 0 radical (unpaired) electrons. The van der Waals surface area contributed by atoms with E-state index in [1.165, 1.54) is 24.9 Å². The maximum Gasteiger partial charge on any atom is 0.339 e. The highest BCUT2D eigenvalue weighted by molar-refractivity contribution is 5.90. The Morgan fingerprint density at radius 2 is 2.00 bits per heavy atom. The van der Waals surface area contributed by atoms with Gasteiger partial charge in [-0.15, -0.1) is 0 Å². The van der Waals surface area contributed by atoms with E-state index in [1.54, 1.807) is 0 Å². The fourth-order valence-electron chi connectivity index (χ4n) is 3.35. The highest BCUT2D eigenvalue weighted by atomic mass is 16.6. The number of carbonyl (C=O) groups excluding carboxylic acids is 1. The van der Waals surface area contributed by atoms with Gasteiger partial charge in [0.15, 0.2) is 0 Å². The molecule has 1 fully saturated rings. The molecule has 1 aromatic carbocycles. The Morgan fingerprint density at radius 3 is 2.62 bits per heavy atom. The Hall–Kier alpha value is -2.96. The van der Waals surface area contributed by atoms with Crippen molar-refractivity contribution in [3.05, 3.63) is 63.8 Å². The van der Waals surface area contributed by atoms with Crippen LogP contribution in [0.3, 0.4) is 0 Å². The Balaban J connectivity index is 1.70. The first-order valence-electron chi connectivity index (χ1n) is 8.60. The van der Waals surface area contributed by atoms with E-state index in [0.29, 0.717) is 24.8 Å². The average Bonchev–Trinajstić information content (AvgIpc) is 2.68. The van der Waals surface area contributed by atoms with Gasteiger partial charge in [0.1, 0.15) is 0 Å². The van der Waals surface area contributed by atoms with Crippen LogP contribution in [0, 0.1) is 16.0 Å². The number of esters is 1. The van der Waals surface area contributed by atoms with E-state index < -0.39 is 10.9 Å². The van der Waals surface area contributed by atoms with Gasteiger partial charge in [-0.2, -0.15) is 0 Å². The molecule has 0 spiro atoms. The van der Waals surface area contributed by atoms with E-state index in [9.17, 15) is 14.9 Å². The van der Waals surface area contributed by atoms with Crippen LogP contribution >= 0.6 is 0 Å². The summed E-state index contributed by atoms with van der Waals surface area (Å²) in [6, 6.07) is 11.6. The fraction of sp³-hybridized carbons (Fsp3) is 0.368. The number of piperidine rings is 1. The Labute approximate surface area is 151 Å². The zero-order chi connectivity index (χ0) is 18.5. The van der Waals surface area contributed by atoms with E-state index in [2.05, 4.69) is 21.9 Å². The molecule has 0 saturated carbocycles. The molecule has 1 aromatic heterocycles. The number of pyridine rings is 1. The predicted molar refractivity (Wildman–Crippen MR) is 97.3 cm³/mol. The van der Waals surface area contributed by atoms with Gasteiger partial charge in [0.2, 0.25) is 5.82 Å². The number of hydrogen-bond acceptors (Lipinski definition) is 6. The van der Waals surface area contributed by atoms with E-state index in [0.717, 1.165) is 19.3 Å². The van der Waals surface area contributed by atoms with E-state index >= 15 is 0 Å². The number of nitro groups is 1. The lowest BCUT2D eigenvalue weighted by Gasteiger charge is -2.32. The van der Waals surface area contributed by atoms with Crippen molar-refractivity contribution in [1.82, 2.24) is 4.98 Å². The molecule has 26 heavy (non-hydrogen) atoms. The monoisotopic (exact) mass is 355 g/mol. The molecule has 3 rings (SSSR count). The summed E-state index contributed by atoms with van der Waals surface area (Å²) in [6.45, 7) is 1.42. The molecule has 0 unspecified atom stereocenters. The third-order valence-corrected chi connectivity index (χ3v) is 4.75. The second kappa shape index (κ2) is 7.95. The second-order valence-electron chi connectivity index (χ2n) is 6.44. The predicted octanol–water partition coefficient (Wildman–Crippen LogP) is 3.24. The lowest BCUT2D eigenvalue weighted by atomic mass is 9.90. The van der Waals surface area contributed by atoms with Crippen molar-refractivity contribution in [2.75, 3.05) is 25.1 Å². The van der Waals surface area contributed by atoms with Crippen LogP contribution < -0.4 is 4.90 Å². The van der Waals surface area contributed by atoms with E-state index in [1.807, 2.05) is 23.1 Å². The minimum Gasteiger partial charge on any atom is -0.465 e. The number of ether oxygens (including phenoxy) is 1. The number of aromatic nitrogens is 1. The molecule has 1 aliphatic heterocycles. The molecule has 136 valence electrons. The molecule has 2 heterocycles. The summed E-state index contributed by atoms with van der Waals surface area (Å²) in [5.41, 5.74) is 1.24. The van der Waals surface area contributed by atoms with E-state index in [4.69, 9.17) is 0 Å². The van der Waals surface area contributed by atoms with Crippen molar-refractivity contribution in [2.45, 2.75) is 19.3 Å². The molecule has 0 atom stereocenters. The van der Waals surface area contributed by atoms with Gasteiger partial charge in [0, 0.05) is 25.4 Å². The standard InChI is InChI=1S/C19H21N3O4/c1-26-19(23)16-12-17(22(24)25)18(20-13-16)21-9-7-15(8-10-21)11-14-5-3-2-4-6-14/h2-6,12-13,15H,7-11H2,1H3. The number of hydrogen-bond donors (Lipinski definition) is 0. The number of rotatable bonds is 5. The minimum absolute atomic E-state index is 0.0851. The summed E-state index contributed by atoms with van der Waals surface area (Å²) in [4.78, 5) is 28.6. The van der Waals surface area contributed by atoms with Crippen molar-refractivity contribution >= 4 is 17.5 Å². The summed E-state index contributed by atoms with van der Waals surface area (Å²) in [5.74, 6) is 0.247. The summed E-state index contributed by atoms with van der Waals surface area (Å²) in [6.07, 6.45) is 4.26. The molecule has 0 N–H and O–H groups in total. The maximum atomic E-state index is 11.6. The lowest BCUT2D eigenvalue weighted by Crippen LogP contribution is -2.35. The van der Waals surface area contributed by atoms with Crippen molar-refractivity contribution in [1.29, 1.82) is 0 Å². The Bertz CT molecular complexity index is 787. The third-order valence-electron chi connectivity index (χ3n) is 4.75. The van der Waals surface area contributed by atoms with Gasteiger partial charge in [0.25, 0.3) is 0 Å². The molecule has 2 aromatic rings. The van der Waals surface area contributed by atoms with E-state index in [-0.39, 0.29) is 11.3 Å². The molecule has 7 nitrogen and oxygen atoms in total. The van der Waals surface area contributed by atoms with Gasteiger partial charge >= 0.3 is 11.7 Å². The molecule has 0 aliphatic carbocycles. The van der Waals surface area contributed by atoms with Crippen molar-refractivity contribution < 1.29 is 14.5 Å². The average molecular weight is 355 g/mol. The molecule has 1 aliphatic rings. The van der Waals surface area contributed by atoms with Gasteiger partial charge < -0.3 is 9.64 Å². The van der Waals surface area contributed by atoms with Crippen LogP contribution in [-0.4, -0.2) is 36.1 Å². The molecule has 0 amide bonds. The van der Waals surface area contributed by atoms with Crippen LogP contribution in [0.5, 0.6) is 0 Å². The fourth-order valence-corrected chi connectivity index (χ4v) is 3.35. The van der Waals surface area contributed by atoms with Crippen molar-refractivity contribution in [3.63, 3.8) is 0 Å². The van der Waals surface area contributed by atoms with Crippen LogP contribution in [-0.2, 0) is 11.2 Å².